The number of nitrogens with zero attached hydrogens (tertiary/aromatic N) is 2. The van der Waals surface area contributed by atoms with Crippen LogP contribution in [0, 0.1) is 6.92 Å². The van der Waals surface area contributed by atoms with E-state index in [0.717, 1.165) is 40.3 Å². The van der Waals surface area contributed by atoms with Gasteiger partial charge in [-0.2, -0.15) is 0 Å². The Morgan fingerprint density at radius 2 is 1.80 bits per heavy atom. The SMILES string of the molecule is C=CCc1ccccc1OCc1nc2ccccc2n1CCOc1cccc(C)c1. The van der Waals surface area contributed by atoms with Crippen LogP contribution in [-0.2, 0) is 19.6 Å². The first-order valence-electron chi connectivity index (χ1n) is 10.2. The van der Waals surface area contributed by atoms with Crippen molar-refractivity contribution in [1.82, 2.24) is 9.55 Å². The number of ether oxygens (including phenoxy) is 2. The number of para-hydroxylation sites is 3. The van der Waals surface area contributed by atoms with Crippen molar-refractivity contribution in [1.29, 1.82) is 0 Å². The summed E-state index contributed by atoms with van der Waals surface area (Å²) >= 11 is 0. The molecule has 0 spiro atoms. The Kier molecular flexibility index (Phi) is 6.14. The fourth-order valence-electron chi connectivity index (χ4n) is 3.56. The summed E-state index contributed by atoms with van der Waals surface area (Å²) in [7, 11) is 0. The van der Waals surface area contributed by atoms with Crippen LogP contribution in [0.1, 0.15) is 17.0 Å². The molecule has 0 aliphatic carbocycles. The van der Waals surface area contributed by atoms with Crippen LogP contribution in [0.2, 0.25) is 0 Å². The lowest BCUT2D eigenvalue weighted by atomic mass is 10.1. The average molecular weight is 399 g/mol. The summed E-state index contributed by atoms with van der Waals surface area (Å²) in [4.78, 5) is 4.81. The molecule has 0 aliphatic rings. The standard InChI is InChI=1S/C26H26N2O2/c1-3-9-21-11-4-7-15-25(21)30-19-26-27-23-13-5-6-14-24(23)28(26)16-17-29-22-12-8-10-20(2)18-22/h3-8,10-15,18H,1,9,16-17,19H2,2H3. The predicted octanol–water partition coefficient (Wildman–Crippen LogP) is 5.73. The predicted molar refractivity (Wildman–Crippen MR) is 121 cm³/mol. The van der Waals surface area contributed by atoms with Crippen molar-refractivity contribution in [3.63, 3.8) is 0 Å². The van der Waals surface area contributed by atoms with Crippen LogP contribution < -0.4 is 9.47 Å². The maximum Gasteiger partial charge on any atom is 0.148 e. The molecule has 0 bridgehead atoms. The Morgan fingerprint density at radius 3 is 2.67 bits per heavy atom. The first kappa shape index (κ1) is 19.8. The Morgan fingerprint density at radius 1 is 0.967 bits per heavy atom. The number of allylic oxidation sites excluding steroid dienone is 1. The number of hydrogen-bond acceptors (Lipinski definition) is 3. The molecule has 0 aliphatic heterocycles. The van der Waals surface area contributed by atoms with Gasteiger partial charge in [-0.25, -0.2) is 4.98 Å². The van der Waals surface area contributed by atoms with E-state index < -0.39 is 0 Å². The second-order valence-electron chi connectivity index (χ2n) is 7.22. The zero-order valence-corrected chi connectivity index (χ0v) is 17.3. The van der Waals surface area contributed by atoms with Crippen molar-refractivity contribution in [2.75, 3.05) is 6.61 Å². The molecule has 4 heteroatoms. The molecular weight excluding hydrogens is 372 g/mol. The van der Waals surface area contributed by atoms with Crippen LogP contribution in [0.5, 0.6) is 11.5 Å². The van der Waals surface area contributed by atoms with Gasteiger partial charge in [0.2, 0.25) is 0 Å². The zero-order valence-electron chi connectivity index (χ0n) is 17.3. The minimum atomic E-state index is 0.396. The van der Waals surface area contributed by atoms with Gasteiger partial charge < -0.3 is 14.0 Å². The Labute approximate surface area is 177 Å². The Balaban J connectivity index is 1.52. The van der Waals surface area contributed by atoms with Gasteiger partial charge in [-0.1, -0.05) is 48.5 Å². The maximum absolute atomic E-state index is 6.15. The van der Waals surface area contributed by atoms with Crippen molar-refractivity contribution >= 4 is 11.0 Å². The van der Waals surface area contributed by atoms with E-state index in [1.807, 2.05) is 60.7 Å². The van der Waals surface area contributed by atoms with E-state index >= 15 is 0 Å². The molecule has 0 atom stereocenters. The van der Waals surface area contributed by atoms with Gasteiger partial charge in [0.1, 0.15) is 30.5 Å². The average Bonchev–Trinajstić information content (AvgIpc) is 3.11. The molecule has 4 rings (SSSR count). The molecule has 0 unspecified atom stereocenters. The van der Waals surface area contributed by atoms with Gasteiger partial charge in [0.15, 0.2) is 0 Å². The topological polar surface area (TPSA) is 36.3 Å². The Bertz CT molecular complexity index is 1150. The monoisotopic (exact) mass is 398 g/mol. The molecule has 0 N–H and O–H groups in total. The first-order valence-corrected chi connectivity index (χ1v) is 10.2. The highest BCUT2D eigenvalue weighted by molar-refractivity contribution is 5.75. The number of benzene rings is 3. The van der Waals surface area contributed by atoms with Crippen LogP contribution in [0.4, 0.5) is 0 Å². The van der Waals surface area contributed by atoms with Crippen LogP contribution >= 0.6 is 0 Å². The van der Waals surface area contributed by atoms with Crippen molar-refractivity contribution in [2.45, 2.75) is 26.5 Å². The lowest BCUT2D eigenvalue weighted by Gasteiger charge is -2.13. The van der Waals surface area contributed by atoms with E-state index in [1.54, 1.807) is 0 Å². The van der Waals surface area contributed by atoms with Gasteiger partial charge in [0.25, 0.3) is 0 Å². The number of rotatable bonds is 9. The zero-order chi connectivity index (χ0) is 20.8. The van der Waals surface area contributed by atoms with Gasteiger partial charge >= 0.3 is 0 Å². The molecule has 0 radical (unpaired) electrons. The molecule has 0 fully saturated rings. The molecule has 0 saturated heterocycles. The number of hydrogen-bond donors (Lipinski definition) is 0. The highest BCUT2D eigenvalue weighted by atomic mass is 16.5. The molecule has 0 amide bonds. The normalized spacial score (nSPS) is 10.8. The van der Waals surface area contributed by atoms with Crippen LogP contribution in [0.15, 0.2) is 85.5 Å². The summed E-state index contributed by atoms with van der Waals surface area (Å²) in [6, 6.07) is 24.3. The summed E-state index contributed by atoms with van der Waals surface area (Å²) in [5.41, 5.74) is 4.36. The number of aromatic nitrogens is 2. The number of fused-ring (bicyclic) bond motifs is 1. The largest absolute Gasteiger partial charge is 0.492 e. The highest BCUT2D eigenvalue weighted by Gasteiger charge is 2.12. The lowest BCUT2D eigenvalue weighted by Crippen LogP contribution is -2.13. The number of aryl methyl sites for hydroxylation is 1. The molecule has 0 saturated carbocycles. The fraction of sp³-hybridized carbons (Fsp3) is 0.192. The van der Waals surface area contributed by atoms with Gasteiger partial charge in [0, 0.05) is 0 Å². The van der Waals surface area contributed by atoms with Gasteiger partial charge in [-0.05, 0) is 54.8 Å². The van der Waals surface area contributed by atoms with E-state index in [9.17, 15) is 0 Å². The number of imidazole rings is 1. The minimum absolute atomic E-state index is 0.396. The minimum Gasteiger partial charge on any atom is -0.492 e. The van der Waals surface area contributed by atoms with E-state index in [4.69, 9.17) is 14.5 Å². The smallest absolute Gasteiger partial charge is 0.148 e. The molecule has 4 aromatic rings. The first-order chi connectivity index (χ1) is 14.7. The van der Waals surface area contributed by atoms with Crippen molar-refractivity contribution < 1.29 is 9.47 Å². The van der Waals surface area contributed by atoms with E-state index in [0.29, 0.717) is 19.8 Å². The van der Waals surface area contributed by atoms with E-state index in [1.165, 1.54) is 5.56 Å². The van der Waals surface area contributed by atoms with Crippen molar-refractivity contribution in [3.05, 3.63) is 102 Å². The molecule has 30 heavy (non-hydrogen) atoms. The molecule has 4 nitrogen and oxygen atoms in total. The molecule has 3 aromatic carbocycles. The van der Waals surface area contributed by atoms with Gasteiger partial charge in [-0.3, -0.25) is 0 Å². The summed E-state index contributed by atoms with van der Waals surface area (Å²) in [6.45, 7) is 7.55. The third kappa shape index (κ3) is 4.54. The van der Waals surface area contributed by atoms with Crippen LogP contribution in [-0.4, -0.2) is 16.2 Å². The second kappa shape index (κ2) is 9.31. The second-order valence-corrected chi connectivity index (χ2v) is 7.22. The third-order valence-electron chi connectivity index (χ3n) is 5.00. The van der Waals surface area contributed by atoms with Crippen molar-refractivity contribution in [2.24, 2.45) is 0 Å². The summed E-state index contributed by atoms with van der Waals surface area (Å²) < 4.78 is 14.3. The van der Waals surface area contributed by atoms with Crippen LogP contribution in [0.3, 0.4) is 0 Å². The Hall–Kier alpha value is -3.53. The third-order valence-corrected chi connectivity index (χ3v) is 5.00. The van der Waals surface area contributed by atoms with Crippen molar-refractivity contribution in [3.8, 4) is 11.5 Å². The molecular formula is C26H26N2O2. The maximum atomic E-state index is 6.15. The lowest BCUT2D eigenvalue weighted by molar-refractivity contribution is 0.271. The van der Waals surface area contributed by atoms with E-state index in [2.05, 4.69) is 36.3 Å². The summed E-state index contributed by atoms with van der Waals surface area (Å²) in [5, 5.41) is 0. The fourth-order valence-corrected chi connectivity index (χ4v) is 3.56. The van der Waals surface area contributed by atoms with Crippen LogP contribution in [0.25, 0.3) is 11.0 Å². The molecule has 1 heterocycles. The molecule has 1 aromatic heterocycles. The van der Waals surface area contributed by atoms with Gasteiger partial charge in [-0.15, -0.1) is 6.58 Å². The molecule has 152 valence electrons. The summed E-state index contributed by atoms with van der Waals surface area (Å²) in [5.74, 6) is 2.64. The highest BCUT2D eigenvalue weighted by Crippen LogP contribution is 2.22. The van der Waals surface area contributed by atoms with Gasteiger partial charge in [0.05, 0.1) is 17.6 Å². The summed E-state index contributed by atoms with van der Waals surface area (Å²) in [6.07, 6.45) is 2.66. The van der Waals surface area contributed by atoms with E-state index in [-0.39, 0.29) is 0 Å². The quantitative estimate of drug-likeness (QED) is 0.338.